The molecule has 3 unspecified atom stereocenters. The van der Waals surface area contributed by atoms with Crippen LogP contribution in [0.2, 0.25) is 0 Å². The fraction of sp³-hybridized carbons (Fsp3) is 0.471. The number of hydrogen-bond donors (Lipinski definition) is 1. The predicted molar refractivity (Wildman–Crippen MR) is 82.2 cm³/mol. The first kappa shape index (κ1) is 18.7. The highest BCUT2D eigenvalue weighted by molar-refractivity contribution is 5.87. The third kappa shape index (κ3) is 5.09. The van der Waals surface area contributed by atoms with Crippen molar-refractivity contribution >= 4 is 17.8 Å². The van der Waals surface area contributed by atoms with Crippen LogP contribution in [0.3, 0.4) is 0 Å². The molecule has 1 aromatic rings. The van der Waals surface area contributed by atoms with Crippen molar-refractivity contribution < 1.29 is 24.2 Å². The second kappa shape index (κ2) is 8.92. The minimum Gasteiger partial charge on any atom is -0.550 e. The maximum atomic E-state index is 12.5. The number of benzene rings is 1. The molecule has 3 atom stereocenters. The molecule has 6 heteroatoms. The van der Waals surface area contributed by atoms with Crippen molar-refractivity contribution in [3.8, 4) is 0 Å². The van der Waals surface area contributed by atoms with E-state index in [1.165, 1.54) is 14.0 Å². The van der Waals surface area contributed by atoms with Crippen molar-refractivity contribution in [1.29, 1.82) is 0 Å². The summed E-state index contributed by atoms with van der Waals surface area (Å²) >= 11 is 0. The van der Waals surface area contributed by atoms with Gasteiger partial charge in [-0.15, -0.1) is 0 Å². The van der Waals surface area contributed by atoms with E-state index in [1.54, 1.807) is 0 Å². The minimum absolute atomic E-state index is 0.290. The number of rotatable bonds is 8. The van der Waals surface area contributed by atoms with Crippen molar-refractivity contribution in [3.05, 3.63) is 35.9 Å². The zero-order chi connectivity index (χ0) is 17.4. The summed E-state index contributed by atoms with van der Waals surface area (Å²) in [5, 5.41) is 13.8. The third-order valence-corrected chi connectivity index (χ3v) is 3.95. The topological polar surface area (TPSA) is 95.5 Å². The van der Waals surface area contributed by atoms with E-state index in [0.29, 0.717) is 6.42 Å². The molecule has 0 heterocycles. The molecule has 1 N–H and O–H groups in total. The van der Waals surface area contributed by atoms with E-state index in [0.717, 1.165) is 5.56 Å². The Labute approximate surface area is 135 Å². The maximum absolute atomic E-state index is 12.5. The lowest BCUT2D eigenvalue weighted by molar-refractivity contribution is -0.312. The molecule has 6 nitrogen and oxygen atoms in total. The van der Waals surface area contributed by atoms with Crippen LogP contribution in [0.15, 0.2) is 30.3 Å². The van der Waals surface area contributed by atoms with Crippen molar-refractivity contribution in [2.75, 3.05) is 13.7 Å². The minimum atomic E-state index is -1.29. The van der Waals surface area contributed by atoms with Gasteiger partial charge in [0.15, 0.2) is 0 Å². The van der Waals surface area contributed by atoms with Crippen LogP contribution in [0.1, 0.15) is 31.7 Å². The van der Waals surface area contributed by atoms with Gasteiger partial charge in [0.25, 0.3) is 0 Å². The molecule has 126 valence electrons. The van der Waals surface area contributed by atoms with E-state index < -0.39 is 29.7 Å². The number of aliphatic carboxylic acids is 1. The van der Waals surface area contributed by atoms with Crippen molar-refractivity contribution in [1.82, 2.24) is 5.32 Å². The fourth-order valence-corrected chi connectivity index (χ4v) is 2.65. The molecule has 1 aromatic carbocycles. The Kier molecular flexibility index (Phi) is 7.25. The Morgan fingerprint density at radius 1 is 1.22 bits per heavy atom. The SMILES string of the molecule is CCC(c1ccccc1)C(C(=O)NCC(=O)OC)C(C)C(=O)[O-]. The van der Waals surface area contributed by atoms with E-state index in [9.17, 15) is 19.5 Å². The highest BCUT2D eigenvalue weighted by Crippen LogP contribution is 2.33. The van der Waals surface area contributed by atoms with Crippen LogP contribution in [-0.4, -0.2) is 31.5 Å². The molecule has 0 aliphatic heterocycles. The molecule has 1 amide bonds. The number of hydrogen-bond acceptors (Lipinski definition) is 5. The summed E-state index contributed by atoms with van der Waals surface area (Å²) in [7, 11) is 1.22. The number of esters is 1. The fourth-order valence-electron chi connectivity index (χ4n) is 2.65. The van der Waals surface area contributed by atoms with Crippen LogP contribution >= 0.6 is 0 Å². The van der Waals surface area contributed by atoms with E-state index in [4.69, 9.17) is 0 Å². The number of carbonyl (C=O) groups is 3. The van der Waals surface area contributed by atoms with Gasteiger partial charge in [-0.05, 0) is 17.9 Å². The molecule has 0 saturated heterocycles. The van der Waals surface area contributed by atoms with Crippen LogP contribution in [-0.2, 0) is 19.1 Å². The van der Waals surface area contributed by atoms with Crippen LogP contribution in [0, 0.1) is 11.8 Å². The Balaban J connectivity index is 3.05. The first-order valence-corrected chi connectivity index (χ1v) is 7.52. The molecule has 0 spiro atoms. The smallest absolute Gasteiger partial charge is 0.325 e. The molecule has 0 bridgehead atoms. The van der Waals surface area contributed by atoms with E-state index in [2.05, 4.69) is 10.1 Å². The number of nitrogens with one attached hydrogen (secondary N) is 1. The van der Waals surface area contributed by atoms with Gasteiger partial charge in [-0.2, -0.15) is 0 Å². The van der Waals surface area contributed by atoms with Gasteiger partial charge in [-0.25, -0.2) is 0 Å². The summed E-state index contributed by atoms with van der Waals surface area (Å²) < 4.78 is 4.48. The number of ether oxygens (including phenoxy) is 1. The zero-order valence-electron chi connectivity index (χ0n) is 13.6. The normalized spacial score (nSPS) is 14.4. The Hall–Kier alpha value is -2.37. The average molecular weight is 320 g/mol. The summed E-state index contributed by atoms with van der Waals surface area (Å²) in [6, 6.07) is 9.24. The molecular weight excluding hydrogens is 298 g/mol. The molecule has 1 rings (SSSR count). The second-order valence-electron chi connectivity index (χ2n) is 5.35. The van der Waals surface area contributed by atoms with Crippen molar-refractivity contribution in [2.45, 2.75) is 26.2 Å². The van der Waals surface area contributed by atoms with Gasteiger partial charge in [0, 0.05) is 11.9 Å². The van der Waals surface area contributed by atoms with Gasteiger partial charge in [-0.3, -0.25) is 9.59 Å². The zero-order valence-corrected chi connectivity index (χ0v) is 13.6. The van der Waals surface area contributed by atoms with Gasteiger partial charge >= 0.3 is 5.97 Å². The first-order valence-electron chi connectivity index (χ1n) is 7.52. The van der Waals surface area contributed by atoms with Crippen LogP contribution in [0.5, 0.6) is 0 Å². The Morgan fingerprint density at radius 3 is 2.30 bits per heavy atom. The summed E-state index contributed by atoms with van der Waals surface area (Å²) in [4.78, 5) is 35.0. The van der Waals surface area contributed by atoms with E-state index in [1.807, 2.05) is 37.3 Å². The summed E-state index contributed by atoms with van der Waals surface area (Å²) in [6.45, 7) is 3.04. The average Bonchev–Trinajstić information content (AvgIpc) is 2.57. The van der Waals surface area contributed by atoms with Gasteiger partial charge in [0.05, 0.1) is 13.0 Å². The molecule has 0 aliphatic rings. The largest absolute Gasteiger partial charge is 0.550 e. The molecule has 0 saturated carbocycles. The van der Waals surface area contributed by atoms with Gasteiger partial charge in [0.2, 0.25) is 5.91 Å². The number of carboxylic acids is 1. The van der Waals surface area contributed by atoms with Crippen LogP contribution in [0.4, 0.5) is 0 Å². The lowest BCUT2D eigenvalue weighted by Gasteiger charge is -2.31. The summed E-state index contributed by atoms with van der Waals surface area (Å²) in [6.07, 6.45) is 0.581. The van der Waals surface area contributed by atoms with Crippen molar-refractivity contribution in [2.24, 2.45) is 11.8 Å². The second-order valence-corrected chi connectivity index (χ2v) is 5.35. The predicted octanol–water partition coefficient (Wildman–Crippen LogP) is 0.472. The molecule has 23 heavy (non-hydrogen) atoms. The first-order chi connectivity index (χ1) is 10.9. The van der Waals surface area contributed by atoms with Crippen molar-refractivity contribution in [3.63, 3.8) is 0 Å². The van der Waals surface area contributed by atoms with E-state index >= 15 is 0 Å². The molecule has 0 aromatic heterocycles. The molecule has 0 radical (unpaired) electrons. The number of carboxylic acid groups (broad SMARTS) is 1. The van der Waals surface area contributed by atoms with Gasteiger partial charge < -0.3 is 20.0 Å². The summed E-state index contributed by atoms with van der Waals surface area (Å²) in [5.41, 5.74) is 0.876. The third-order valence-electron chi connectivity index (χ3n) is 3.95. The monoisotopic (exact) mass is 320 g/mol. The maximum Gasteiger partial charge on any atom is 0.325 e. The summed E-state index contributed by atoms with van der Waals surface area (Å²) in [5.74, 6) is -4.50. The van der Waals surface area contributed by atoms with Gasteiger partial charge in [-0.1, -0.05) is 44.2 Å². The molecule has 0 aliphatic carbocycles. The number of carbonyl (C=O) groups excluding carboxylic acids is 3. The Morgan fingerprint density at radius 2 is 1.83 bits per heavy atom. The van der Waals surface area contributed by atoms with E-state index in [-0.39, 0.29) is 12.5 Å². The molecular formula is C17H22NO5-. The standard InChI is InChI=1S/C17H23NO5/c1-4-13(12-8-6-5-7-9-12)15(11(2)17(21)22)16(20)18-10-14(19)23-3/h5-9,11,13,15H,4,10H2,1-3H3,(H,18,20)(H,21,22)/p-1. The Bertz CT molecular complexity index is 543. The van der Waals surface area contributed by atoms with Crippen LogP contribution in [0.25, 0.3) is 0 Å². The molecule has 0 fully saturated rings. The lowest BCUT2D eigenvalue weighted by atomic mass is 9.76. The number of amides is 1. The number of methoxy groups -OCH3 is 1. The quantitative estimate of drug-likeness (QED) is 0.703. The van der Waals surface area contributed by atoms with Gasteiger partial charge in [0.1, 0.15) is 6.54 Å². The highest BCUT2D eigenvalue weighted by atomic mass is 16.5. The highest BCUT2D eigenvalue weighted by Gasteiger charge is 2.34. The van der Waals surface area contributed by atoms with Crippen LogP contribution < -0.4 is 10.4 Å². The lowest BCUT2D eigenvalue weighted by Crippen LogP contribution is -2.45.